The Balaban J connectivity index is 1.54. The summed E-state index contributed by atoms with van der Waals surface area (Å²) in [5.74, 6) is -0.126. The first-order chi connectivity index (χ1) is 18.0. The third-order valence-electron chi connectivity index (χ3n) is 6.25. The van der Waals surface area contributed by atoms with Gasteiger partial charge in [0.05, 0.1) is 11.3 Å². The van der Waals surface area contributed by atoms with E-state index in [1.807, 2.05) is 66.9 Å². The van der Waals surface area contributed by atoms with Crippen LogP contribution in [0.3, 0.4) is 0 Å². The zero-order chi connectivity index (χ0) is 25.8. The van der Waals surface area contributed by atoms with Crippen LogP contribution >= 0.6 is 15.9 Å². The van der Waals surface area contributed by atoms with E-state index in [9.17, 15) is 9.90 Å². The second-order valence-electron chi connectivity index (χ2n) is 8.73. The molecule has 0 aliphatic carbocycles. The first-order valence-corrected chi connectivity index (χ1v) is 12.6. The Bertz CT molecular complexity index is 1510. The molecule has 0 saturated heterocycles. The van der Waals surface area contributed by atoms with E-state index in [0.717, 1.165) is 43.8 Å². The van der Waals surface area contributed by atoms with Crippen LogP contribution in [0.25, 0.3) is 22.5 Å². The number of imidazole rings is 1. The molecule has 5 rings (SSSR count). The number of aromatic nitrogens is 2. The van der Waals surface area contributed by atoms with Crippen LogP contribution in [0.1, 0.15) is 33.3 Å². The zero-order valence-corrected chi connectivity index (χ0v) is 21.8. The molecule has 0 aliphatic rings. The summed E-state index contributed by atoms with van der Waals surface area (Å²) in [5.41, 5.74) is 6.29. The topological polar surface area (TPSA) is 64.3 Å². The molecule has 0 aliphatic heterocycles. The first kappa shape index (κ1) is 24.7. The van der Waals surface area contributed by atoms with Crippen molar-refractivity contribution in [1.29, 1.82) is 0 Å². The number of hydrogen-bond donors (Lipinski definition) is 1. The Labute approximate surface area is 224 Å². The largest absolute Gasteiger partial charge is 0.478 e. The number of carboxylic acid groups (broad SMARTS) is 1. The van der Waals surface area contributed by atoms with Crippen molar-refractivity contribution in [2.75, 3.05) is 7.11 Å². The Morgan fingerprint density at radius 1 is 0.892 bits per heavy atom. The Morgan fingerprint density at radius 3 is 2.27 bits per heavy atom. The molecule has 1 heterocycles. The SMILES string of the molecule is COC(c1cccc(-c2ccccc2)c1)c1cn(Cc2ccc(C(=O)O)cc2)c(-c2ccc(Br)cc2)n1. The number of benzene rings is 4. The monoisotopic (exact) mass is 552 g/mol. The number of rotatable bonds is 8. The minimum Gasteiger partial charge on any atom is -0.478 e. The fourth-order valence-corrected chi connectivity index (χ4v) is 4.67. The van der Waals surface area contributed by atoms with Gasteiger partial charge in [0.1, 0.15) is 11.9 Å². The third-order valence-corrected chi connectivity index (χ3v) is 6.78. The molecule has 184 valence electrons. The van der Waals surface area contributed by atoms with Gasteiger partial charge in [0.25, 0.3) is 0 Å². The van der Waals surface area contributed by atoms with Crippen molar-refractivity contribution >= 4 is 21.9 Å². The van der Waals surface area contributed by atoms with Gasteiger partial charge in [0.15, 0.2) is 0 Å². The molecule has 0 radical (unpaired) electrons. The highest BCUT2D eigenvalue weighted by Crippen LogP contribution is 2.31. The number of aromatic carboxylic acids is 1. The van der Waals surface area contributed by atoms with Gasteiger partial charge in [-0.3, -0.25) is 0 Å². The van der Waals surface area contributed by atoms with Crippen molar-refractivity contribution in [1.82, 2.24) is 9.55 Å². The maximum absolute atomic E-state index is 11.3. The summed E-state index contributed by atoms with van der Waals surface area (Å²) < 4.78 is 9.06. The van der Waals surface area contributed by atoms with Crippen LogP contribution in [0.15, 0.2) is 114 Å². The lowest BCUT2D eigenvalue weighted by molar-refractivity contribution is 0.0697. The molecule has 4 aromatic carbocycles. The van der Waals surface area contributed by atoms with Crippen LogP contribution in [0.2, 0.25) is 0 Å². The third kappa shape index (κ3) is 5.56. The molecule has 1 N–H and O–H groups in total. The second-order valence-corrected chi connectivity index (χ2v) is 9.65. The minimum atomic E-state index is -0.937. The van der Waals surface area contributed by atoms with Crippen LogP contribution in [0.5, 0.6) is 0 Å². The summed E-state index contributed by atoms with van der Waals surface area (Å²) in [5, 5.41) is 9.24. The summed E-state index contributed by atoms with van der Waals surface area (Å²) >= 11 is 3.51. The molecule has 5 aromatic rings. The lowest BCUT2D eigenvalue weighted by Gasteiger charge is -2.15. The van der Waals surface area contributed by atoms with Crippen LogP contribution in [-0.2, 0) is 11.3 Å². The van der Waals surface area contributed by atoms with Crippen LogP contribution < -0.4 is 0 Å². The predicted octanol–water partition coefficient (Wildman–Crippen LogP) is 7.46. The molecule has 5 nitrogen and oxygen atoms in total. The van der Waals surface area contributed by atoms with Crippen molar-refractivity contribution in [2.24, 2.45) is 0 Å². The molecular weight excluding hydrogens is 528 g/mol. The Morgan fingerprint density at radius 2 is 1.59 bits per heavy atom. The molecular formula is C31H25BrN2O3. The summed E-state index contributed by atoms with van der Waals surface area (Å²) in [6, 6.07) is 33.6. The maximum atomic E-state index is 11.3. The highest BCUT2D eigenvalue weighted by Gasteiger charge is 2.21. The van der Waals surface area contributed by atoms with E-state index in [0.29, 0.717) is 6.54 Å². The maximum Gasteiger partial charge on any atom is 0.335 e. The van der Waals surface area contributed by atoms with Gasteiger partial charge in [-0.1, -0.05) is 88.7 Å². The number of methoxy groups -OCH3 is 1. The zero-order valence-electron chi connectivity index (χ0n) is 20.2. The number of carbonyl (C=O) groups is 1. The van der Waals surface area contributed by atoms with E-state index in [1.165, 1.54) is 0 Å². The molecule has 0 fully saturated rings. The normalized spacial score (nSPS) is 11.8. The summed E-state index contributed by atoms with van der Waals surface area (Å²) in [7, 11) is 1.70. The smallest absolute Gasteiger partial charge is 0.335 e. The van der Waals surface area contributed by atoms with Crippen molar-refractivity contribution < 1.29 is 14.6 Å². The number of hydrogen-bond acceptors (Lipinski definition) is 3. The molecule has 1 atom stereocenters. The van der Waals surface area contributed by atoms with Gasteiger partial charge in [-0.25, -0.2) is 9.78 Å². The first-order valence-electron chi connectivity index (χ1n) is 11.9. The highest BCUT2D eigenvalue weighted by molar-refractivity contribution is 9.10. The van der Waals surface area contributed by atoms with E-state index in [1.54, 1.807) is 19.2 Å². The average Bonchev–Trinajstić information content (AvgIpc) is 3.33. The lowest BCUT2D eigenvalue weighted by atomic mass is 9.99. The number of carboxylic acids is 1. The van der Waals surface area contributed by atoms with Gasteiger partial charge in [-0.2, -0.15) is 0 Å². The fraction of sp³-hybridized carbons (Fsp3) is 0.0968. The van der Waals surface area contributed by atoms with Crippen LogP contribution in [-0.4, -0.2) is 27.7 Å². The lowest BCUT2D eigenvalue weighted by Crippen LogP contribution is -2.04. The van der Waals surface area contributed by atoms with E-state index >= 15 is 0 Å². The van der Waals surface area contributed by atoms with Crippen LogP contribution in [0.4, 0.5) is 0 Å². The van der Waals surface area contributed by atoms with Gasteiger partial charge in [0, 0.05) is 29.9 Å². The molecule has 0 spiro atoms. The standard InChI is InChI=1S/C31H25BrN2O3/c1-37-29(26-9-5-8-25(18-26)22-6-3-2-4-7-22)28-20-34(19-21-10-12-24(13-11-21)31(35)36)30(33-28)23-14-16-27(32)17-15-23/h2-18,20,29H,19H2,1H3,(H,35,36). The number of ether oxygens (including phenoxy) is 1. The van der Waals surface area contributed by atoms with Crippen LogP contribution in [0, 0.1) is 0 Å². The quantitative estimate of drug-likeness (QED) is 0.217. The predicted molar refractivity (Wildman–Crippen MR) is 149 cm³/mol. The fourth-order valence-electron chi connectivity index (χ4n) is 4.40. The molecule has 37 heavy (non-hydrogen) atoms. The Hall–Kier alpha value is -4.00. The van der Waals surface area contributed by atoms with Crippen molar-refractivity contribution in [3.63, 3.8) is 0 Å². The molecule has 0 amide bonds. The molecule has 1 unspecified atom stereocenters. The van der Waals surface area contributed by atoms with E-state index in [-0.39, 0.29) is 11.7 Å². The summed E-state index contributed by atoms with van der Waals surface area (Å²) in [6.45, 7) is 0.540. The van der Waals surface area contributed by atoms with E-state index in [4.69, 9.17) is 9.72 Å². The van der Waals surface area contributed by atoms with E-state index in [2.05, 4.69) is 50.8 Å². The van der Waals surface area contributed by atoms with Crippen molar-refractivity contribution in [2.45, 2.75) is 12.6 Å². The van der Waals surface area contributed by atoms with Crippen molar-refractivity contribution in [3.8, 4) is 22.5 Å². The second kappa shape index (κ2) is 10.9. The molecule has 6 heteroatoms. The van der Waals surface area contributed by atoms with Crippen molar-refractivity contribution in [3.05, 3.63) is 136 Å². The van der Waals surface area contributed by atoms with Gasteiger partial charge in [0.2, 0.25) is 0 Å². The Kier molecular flexibility index (Phi) is 7.30. The van der Waals surface area contributed by atoms with Gasteiger partial charge in [-0.05, 0) is 52.6 Å². The number of nitrogens with zero attached hydrogens (tertiary/aromatic N) is 2. The van der Waals surface area contributed by atoms with Gasteiger partial charge in [-0.15, -0.1) is 0 Å². The molecule has 1 aromatic heterocycles. The summed E-state index contributed by atoms with van der Waals surface area (Å²) in [6.07, 6.45) is 1.67. The highest BCUT2D eigenvalue weighted by atomic mass is 79.9. The number of halogens is 1. The minimum absolute atomic E-state index is 0.265. The van der Waals surface area contributed by atoms with Gasteiger partial charge < -0.3 is 14.4 Å². The van der Waals surface area contributed by atoms with E-state index < -0.39 is 5.97 Å². The average molecular weight is 553 g/mol. The molecule has 0 saturated carbocycles. The van der Waals surface area contributed by atoms with Gasteiger partial charge >= 0.3 is 5.97 Å². The molecule has 0 bridgehead atoms. The summed E-state index contributed by atoms with van der Waals surface area (Å²) in [4.78, 5) is 16.3.